The maximum atomic E-state index is 6.11. The average molecular weight is 274 g/mol. The van der Waals surface area contributed by atoms with Crippen molar-refractivity contribution < 1.29 is 4.42 Å². The van der Waals surface area contributed by atoms with Crippen molar-refractivity contribution in [3.05, 3.63) is 60.0 Å². The van der Waals surface area contributed by atoms with E-state index in [4.69, 9.17) is 4.42 Å². The first-order valence-electron chi connectivity index (χ1n) is 6.94. The number of fused-ring (bicyclic) bond motifs is 3. The average Bonchev–Trinajstić information content (AvgIpc) is 2.87. The molecule has 102 valence electrons. The van der Waals surface area contributed by atoms with Gasteiger partial charge in [0.15, 0.2) is 5.58 Å². The van der Waals surface area contributed by atoms with Gasteiger partial charge < -0.3 is 4.42 Å². The van der Waals surface area contributed by atoms with Crippen LogP contribution in [-0.2, 0) is 0 Å². The first kappa shape index (κ1) is 12.1. The Morgan fingerprint density at radius 1 is 0.857 bits per heavy atom. The van der Waals surface area contributed by atoms with Crippen LogP contribution >= 0.6 is 0 Å². The lowest BCUT2D eigenvalue weighted by Crippen LogP contribution is -1.84. The Hall–Kier alpha value is -2.68. The molecule has 0 aliphatic carbocycles. The van der Waals surface area contributed by atoms with Gasteiger partial charge in [-0.05, 0) is 43.7 Å². The van der Waals surface area contributed by atoms with Gasteiger partial charge in [-0.1, -0.05) is 12.1 Å². The maximum absolute atomic E-state index is 6.11. The summed E-state index contributed by atoms with van der Waals surface area (Å²) in [6, 6.07) is 12.3. The predicted molar refractivity (Wildman–Crippen MR) is 84.2 cm³/mol. The van der Waals surface area contributed by atoms with E-state index in [0.29, 0.717) is 0 Å². The second-order valence-corrected chi connectivity index (χ2v) is 5.28. The fourth-order valence-corrected chi connectivity index (χ4v) is 2.74. The summed E-state index contributed by atoms with van der Waals surface area (Å²) >= 11 is 0. The summed E-state index contributed by atoms with van der Waals surface area (Å²) in [6.07, 6.45) is 3.66. The molecule has 0 atom stereocenters. The molecule has 4 rings (SSSR count). The molecule has 0 saturated heterocycles. The second-order valence-electron chi connectivity index (χ2n) is 5.28. The lowest BCUT2D eigenvalue weighted by Gasteiger charge is -2.02. The van der Waals surface area contributed by atoms with Gasteiger partial charge in [-0.15, -0.1) is 0 Å². The van der Waals surface area contributed by atoms with Crippen molar-refractivity contribution in [1.29, 1.82) is 0 Å². The summed E-state index contributed by atoms with van der Waals surface area (Å²) < 4.78 is 6.11. The number of benzene rings is 1. The van der Waals surface area contributed by atoms with Crippen LogP contribution in [0.15, 0.2) is 53.2 Å². The van der Waals surface area contributed by atoms with Gasteiger partial charge in [0.1, 0.15) is 5.58 Å². The molecule has 0 aliphatic rings. The van der Waals surface area contributed by atoms with Crippen LogP contribution < -0.4 is 0 Å². The van der Waals surface area contributed by atoms with E-state index in [9.17, 15) is 0 Å². The molecule has 3 nitrogen and oxygen atoms in total. The van der Waals surface area contributed by atoms with Gasteiger partial charge in [0, 0.05) is 28.7 Å². The number of hydrogen-bond acceptors (Lipinski definition) is 3. The third-order valence-corrected chi connectivity index (χ3v) is 3.78. The molecule has 3 heterocycles. The van der Waals surface area contributed by atoms with Crippen LogP contribution in [0.1, 0.15) is 11.3 Å². The standard InChI is InChI=1S/C18H14N2O/c1-11-6-8-20-16(10-11)15-5-3-4-13-14-7-9-19-12(2)17(14)21-18(13)15/h3-10H,1-2H3. The van der Waals surface area contributed by atoms with Crippen molar-refractivity contribution in [2.24, 2.45) is 0 Å². The SMILES string of the molecule is Cc1ccnc(-c2cccc3c2oc2c(C)nccc23)c1. The van der Waals surface area contributed by atoms with Crippen LogP contribution in [0, 0.1) is 13.8 Å². The molecular formula is C18H14N2O. The largest absolute Gasteiger partial charge is 0.453 e. The van der Waals surface area contributed by atoms with Gasteiger partial charge in [0.2, 0.25) is 0 Å². The molecule has 0 N–H and O–H groups in total. The van der Waals surface area contributed by atoms with Gasteiger partial charge >= 0.3 is 0 Å². The number of aryl methyl sites for hydroxylation is 2. The minimum Gasteiger partial charge on any atom is -0.453 e. The second kappa shape index (κ2) is 4.42. The monoisotopic (exact) mass is 274 g/mol. The molecule has 0 amide bonds. The molecule has 0 radical (unpaired) electrons. The highest BCUT2D eigenvalue weighted by atomic mass is 16.3. The Morgan fingerprint density at radius 2 is 1.67 bits per heavy atom. The van der Waals surface area contributed by atoms with Crippen molar-refractivity contribution in [3.8, 4) is 11.3 Å². The zero-order valence-corrected chi connectivity index (χ0v) is 11.9. The molecule has 0 bridgehead atoms. The quantitative estimate of drug-likeness (QED) is 0.506. The van der Waals surface area contributed by atoms with Crippen LogP contribution in [0.4, 0.5) is 0 Å². The number of hydrogen-bond donors (Lipinski definition) is 0. The van der Waals surface area contributed by atoms with Gasteiger partial charge in [-0.2, -0.15) is 0 Å². The van der Waals surface area contributed by atoms with Crippen molar-refractivity contribution in [1.82, 2.24) is 9.97 Å². The summed E-state index contributed by atoms with van der Waals surface area (Å²) in [5.41, 5.74) is 5.78. The minimum atomic E-state index is 0.854. The van der Waals surface area contributed by atoms with Gasteiger partial charge in [-0.3, -0.25) is 9.97 Å². The van der Waals surface area contributed by atoms with Crippen LogP contribution in [0.2, 0.25) is 0 Å². The summed E-state index contributed by atoms with van der Waals surface area (Å²) in [5.74, 6) is 0. The highest BCUT2D eigenvalue weighted by molar-refractivity contribution is 6.09. The van der Waals surface area contributed by atoms with Crippen molar-refractivity contribution in [3.63, 3.8) is 0 Å². The van der Waals surface area contributed by atoms with Crippen molar-refractivity contribution >= 4 is 21.9 Å². The fraction of sp³-hybridized carbons (Fsp3) is 0.111. The topological polar surface area (TPSA) is 38.9 Å². The molecule has 0 unspecified atom stereocenters. The molecule has 21 heavy (non-hydrogen) atoms. The van der Waals surface area contributed by atoms with E-state index < -0.39 is 0 Å². The highest BCUT2D eigenvalue weighted by Crippen LogP contribution is 2.35. The first-order valence-corrected chi connectivity index (χ1v) is 6.94. The van der Waals surface area contributed by atoms with Gasteiger partial charge in [-0.25, -0.2) is 0 Å². The number of nitrogens with zero attached hydrogens (tertiary/aromatic N) is 2. The van der Waals surface area contributed by atoms with Crippen LogP contribution in [0.25, 0.3) is 33.2 Å². The third kappa shape index (κ3) is 1.82. The number of pyridine rings is 2. The molecule has 0 aliphatic heterocycles. The molecular weight excluding hydrogens is 260 g/mol. The van der Waals surface area contributed by atoms with Crippen LogP contribution in [-0.4, -0.2) is 9.97 Å². The van der Waals surface area contributed by atoms with Crippen molar-refractivity contribution in [2.45, 2.75) is 13.8 Å². The van der Waals surface area contributed by atoms with E-state index in [0.717, 1.165) is 38.9 Å². The van der Waals surface area contributed by atoms with Crippen LogP contribution in [0.5, 0.6) is 0 Å². The Labute approximate surface area is 122 Å². The smallest absolute Gasteiger partial charge is 0.156 e. The normalized spacial score (nSPS) is 11.3. The van der Waals surface area contributed by atoms with E-state index in [-0.39, 0.29) is 0 Å². The molecule has 0 fully saturated rings. The predicted octanol–water partition coefficient (Wildman–Crippen LogP) is 4.66. The molecule has 3 heteroatoms. The number of aromatic nitrogens is 2. The number of para-hydroxylation sites is 1. The zero-order chi connectivity index (χ0) is 14.4. The number of rotatable bonds is 1. The maximum Gasteiger partial charge on any atom is 0.156 e. The molecule has 1 aromatic carbocycles. The highest BCUT2D eigenvalue weighted by Gasteiger charge is 2.14. The van der Waals surface area contributed by atoms with E-state index in [1.807, 2.05) is 37.5 Å². The molecule has 4 aromatic rings. The Kier molecular flexibility index (Phi) is 2.54. The minimum absolute atomic E-state index is 0.854. The van der Waals surface area contributed by atoms with E-state index in [1.54, 1.807) is 0 Å². The molecule has 0 saturated carbocycles. The van der Waals surface area contributed by atoms with E-state index in [1.165, 1.54) is 5.56 Å². The summed E-state index contributed by atoms with van der Waals surface area (Å²) in [5, 5.41) is 2.21. The van der Waals surface area contributed by atoms with E-state index >= 15 is 0 Å². The van der Waals surface area contributed by atoms with Crippen LogP contribution in [0.3, 0.4) is 0 Å². The molecule has 3 aromatic heterocycles. The Bertz CT molecular complexity index is 969. The summed E-state index contributed by atoms with van der Waals surface area (Å²) in [7, 11) is 0. The summed E-state index contributed by atoms with van der Waals surface area (Å²) in [4.78, 5) is 8.79. The third-order valence-electron chi connectivity index (χ3n) is 3.78. The van der Waals surface area contributed by atoms with Gasteiger partial charge in [0.05, 0.1) is 11.4 Å². The number of furan rings is 1. The lowest BCUT2D eigenvalue weighted by molar-refractivity contribution is 0.663. The Balaban J connectivity index is 2.11. The fourth-order valence-electron chi connectivity index (χ4n) is 2.74. The Morgan fingerprint density at radius 3 is 2.52 bits per heavy atom. The van der Waals surface area contributed by atoms with Gasteiger partial charge in [0.25, 0.3) is 0 Å². The van der Waals surface area contributed by atoms with Crippen molar-refractivity contribution in [2.75, 3.05) is 0 Å². The zero-order valence-electron chi connectivity index (χ0n) is 11.9. The lowest BCUT2D eigenvalue weighted by atomic mass is 10.1. The molecule has 0 spiro atoms. The first-order chi connectivity index (χ1) is 10.2. The van der Waals surface area contributed by atoms with E-state index in [2.05, 4.69) is 35.1 Å². The summed E-state index contributed by atoms with van der Waals surface area (Å²) in [6.45, 7) is 4.04.